The van der Waals surface area contributed by atoms with Crippen LogP contribution in [0.25, 0.3) is 0 Å². The number of aromatic amines is 1. The SMILES string of the molecule is Fc1c(Nc2cc(C3CCCC3)[nH]n2)ccc2c1CS(=S)C2. The number of halogens is 1. The summed E-state index contributed by atoms with van der Waals surface area (Å²) in [4.78, 5) is 0. The summed E-state index contributed by atoms with van der Waals surface area (Å²) < 4.78 is 14.6. The minimum atomic E-state index is -0.164. The van der Waals surface area contributed by atoms with E-state index in [0.29, 0.717) is 23.2 Å². The number of H-pyrrole nitrogens is 1. The van der Waals surface area contributed by atoms with Gasteiger partial charge in [-0.3, -0.25) is 5.10 Å². The third kappa shape index (κ3) is 2.58. The van der Waals surface area contributed by atoms with Crippen LogP contribution in [0, 0.1) is 5.82 Å². The number of nitrogens with zero attached hydrogens (tertiary/aromatic N) is 1. The van der Waals surface area contributed by atoms with Crippen LogP contribution < -0.4 is 5.32 Å². The van der Waals surface area contributed by atoms with Gasteiger partial charge in [-0.05, 0) is 24.5 Å². The minimum Gasteiger partial charge on any atom is -0.336 e. The largest absolute Gasteiger partial charge is 0.336 e. The molecule has 2 aromatic rings. The highest BCUT2D eigenvalue weighted by molar-refractivity contribution is 8.28. The number of nitrogens with one attached hydrogen (secondary N) is 2. The smallest absolute Gasteiger partial charge is 0.152 e. The third-order valence-corrected chi connectivity index (χ3v) is 6.57. The molecule has 1 saturated carbocycles. The predicted octanol–water partition coefficient (Wildman–Crippen LogP) is 4.04. The van der Waals surface area contributed by atoms with E-state index in [9.17, 15) is 4.39 Å². The van der Waals surface area contributed by atoms with Crippen molar-refractivity contribution < 1.29 is 4.39 Å². The van der Waals surface area contributed by atoms with Gasteiger partial charge in [-0.2, -0.15) is 5.10 Å². The molecule has 0 bridgehead atoms. The predicted molar refractivity (Wildman–Crippen MR) is 91.6 cm³/mol. The van der Waals surface area contributed by atoms with Crippen LogP contribution in [-0.4, -0.2) is 10.2 Å². The molecule has 2 heterocycles. The number of hydrogen-bond acceptors (Lipinski definition) is 3. The van der Waals surface area contributed by atoms with Crippen molar-refractivity contribution in [2.75, 3.05) is 5.32 Å². The van der Waals surface area contributed by atoms with Crippen LogP contribution in [0.1, 0.15) is 48.4 Å². The molecule has 1 unspecified atom stereocenters. The molecule has 116 valence electrons. The molecule has 2 N–H and O–H groups in total. The first-order valence-electron chi connectivity index (χ1n) is 7.68. The second-order valence-electron chi connectivity index (χ2n) is 6.11. The van der Waals surface area contributed by atoms with Gasteiger partial charge in [0, 0.05) is 34.7 Å². The second-order valence-corrected chi connectivity index (χ2v) is 8.98. The fourth-order valence-corrected chi connectivity index (χ4v) is 5.51. The Labute approximate surface area is 136 Å². The fraction of sp³-hybridized carbons (Fsp3) is 0.438. The van der Waals surface area contributed by atoms with Crippen molar-refractivity contribution in [3.05, 3.63) is 40.8 Å². The molecule has 1 fully saturated rings. The van der Waals surface area contributed by atoms with Gasteiger partial charge in [0.05, 0.1) is 5.69 Å². The van der Waals surface area contributed by atoms with Crippen molar-refractivity contribution in [3.63, 3.8) is 0 Å². The summed E-state index contributed by atoms with van der Waals surface area (Å²) in [7, 11) is -0.138. The monoisotopic (exact) mass is 335 g/mol. The molecule has 1 atom stereocenters. The van der Waals surface area contributed by atoms with E-state index in [0.717, 1.165) is 22.6 Å². The first kappa shape index (κ1) is 14.3. The Morgan fingerprint density at radius 3 is 2.91 bits per heavy atom. The van der Waals surface area contributed by atoms with Crippen LogP contribution in [-0.2, 0) is 32.1 Å². The molecule has 0 saturated heterocycles. The van der Waals surface area contributed by atoms with Crippen molar-refractivity contribution in [1.82, 2.24) is 10.2 Å². The fourth-order valence-electron chi connectivity index (χ4n) is 3.42. The molecule has 0 radical (unpaired) electrons. The van der Waals surface area contributed by atoms with Gasteiger partial charge in [-0.1, -0.05) is 30.1 Å². The van der Waals surface area contributed by atoms with E-state index >= 15 is 0 Å². The zero-order valence-electron chi connectivity index (χ0n) is 12.2. The van der Waals surface area contributed by atoms with Crippen LogP contribution in [0.3, 0.4) is 0 Å². The van der Waals surface area contributed by atoms with Crippen molar-refractivity contribution >= 4 is 32.1 Å². The maximum absolute atomic E-state index is 14.6. The Balaban J connectivity index is 1.57. The highest BCUT2D eigenvalue weighted by Crippen LogP contribution is 2.35. The van der Waals surface area contributed by atoms with Crippen molar-refractivity contribution in [2.24, 2.45) is 0 Å². The quantitative estimate of drug-likeness (QED) is 0.889. The van der Waals surface area contributed by atoms with E-state index in [4.69, 9.17) is 11.2 Å². The molecule has 1 aromatic heterocycles. The van der Waals surface area contributed by atoms with Crippen molar-refractivity contribution in [1.29, 1.82) is 0 Å². The molecule has 0 spiro atoms. The Bertz CT molecular complexity index is 735. The van der Waals surface area contributed by atoms with Gasteiger partial charge in [0.2, 0.25) is 0 Å². The third-order valence-electron chi connectivity index (χ3n) is 4.62. The molecular weight excluding hydrogens is 317 g/mol. The molecule has 0 amide bonds. The van der Waals surface area contributed by atoms with Gasteiger partial charge in [0.25, 0.3) is 0 Å². The Morgan fingerprint density at radius 1 is 1.27 bits per heavy atom. The lowest BCUT2D eigenvalue weighted by Gasteiger charge is -2.08. The van der Waals surface area contributed by atoms with Gasteiger partial charge in [0.1, 0.15) is 0 Å². The number of rotatable bonds is 3. The lowest BCUT2D eigenvalue weighted by Crippen LogP contribution is -1.98. The van der Waals surface area contributed by atoms with Crippen LogP contribution in [0.5, 0.6) is 0 Å². The van der Waals surface area contributed by atoms with Crippen molar-refractivity contribution in [2.45, 2.75) is 43.1 Å². The van der Waals surface area contributed by atoms with E-state index < -0.39 is 0 Å². The lowest BCUT2D eigenvalue weighted by atomic mass is 10.0. The zero-order valence-corrected chi connectivity index (χ0v) is 13.8. The number of aromatic nitrogens is 2. The molecule has 2 aliphatic rings. The summed E-state index contributed by atoms with van der Waals surface area (Å²) in [6.45, 7) is 0. The zero-order chi connectivity index (χ0) is 15.1. The van der Waals surface area contributed by atoms with E-state index in [1.807, 2.05) is 12.1 Å². The average molecular weight is 335 g/mol. The van der Waals surface area contributed by atoms with E-state index in [1.54, 1.807) is 6.07 Å². The summed E-state index contributed by atoms with van der Waals surface area (Å²) >= 11 is 5.33. The molecule has 4 rings (SSSR count). The molecule has 22 heavy (non-hydrogen) atoms. The summed E-state index contributed by atoms with van der Waals surface area (Å²) in [6.07, 6.45) is 5.01. The standard InChI is InChI=1S/C16H18FN3S2/c17-16-12-9-22(21)8-11(12)5-6-13(16)18-15-7-14(19-20-15)10-3-1-2-4-10/h5-7,10H,1-4,8-9H2,(H2,18,19,20). The molecule has 6 heteroatoms. The molecule has 3 nitrogen and oxygen atoms in total. The lowest BCUT2D eigenvalue weighted by molar-refractivity contribution is 0.620. The first-order chi connectivity index (χ1) is 10.7. The number of hydrogen-bond donors (Lipinski definition) is 2. The number of anilines is 2. The van der Waals surface area contributed by atoms with Gasteiger partial charge < -0.3 is 5.32 Å². The Morgan fingerprint density at radius 2 is 2.09 bits per heavy atom. The van der Waals surface area contributed by atoms with Gasteiger partial charge >= 0.3 is 0 Å². The Hall–Kier alpha value is -1.27. The first-order valence-corrected chi connectivity index (χ1v) is 10.2. The number of fused-ring (bicyclic) bond motifs is 1. The van der Waals surface area contributed by atoms with Crippen LogP contribution >= 0.6 is 0 Å². The van der Waals surface area contributed by atoms with Crippen LogP contribution in [0.15, 0.2) is 18.2 Å². The highest BCUT2D eigenvalue weighted by atomic mass is 32.8. The second kappa shape index (κ2) is 5.74. The maximum Gasteiger partial charge on any atom is 0.152 e. The Kier molecular flexibility index (Phi) is 3.74. The van der Waals surface area contributed by atoms with Gasteiger partial charge in [-0.15, -0.1) is 9.45 Å². The summed E-state index contributed by atoms with van der Waals surface area (Å²) in [5.74, 6) is 2.62. The summed E-state index contributed by atoms with van der Waals surface area (Å²) in [5, 5.41) is 10.5. The van der Waals surface area contributed by atoms with E-state index in [-0.39, 0.29) is 15.3 Å². The van der Waals surface area contributed by atoms with E-state index in [1.165, 1.54) is 25.7 Å². The van der Waals surface area contributed by atoms with Crippen LogP contribution in [0.4, 0.5) is 15.9 Å². The normalized spacial score (nSPS) is 21.2. The highest BCUT2D eigenvalue weighted by Gasteiger charge is 2.22. The van der Waals surface area contributed by atoms with E-state index in [2.05, 4.69) is 15.5 Å². The average Bonchev–Trinajstić information content (AvgIpc) is 3.21. The van der Waals surface area contributed by atoms with Gasteiger partial charge in [0.15, 0.2) is 11.6 Å². The molecule has 1 aliphatic heterocycles. The minimum absolute atomic E-state index is 0.138. The van der Waals surface area contributed by atoms with Crippen molar-refractivity contribution in [3.8, 4) is 0 Å². The molecular formula is C16H18FN3S2. The summed E-state index contributed by atoms with van der Waals surface area (Å²) in [6, 6.07) is 5.81. The number of benzene rings is 1. The van der Waals surface area contributed by atoms with Crippen LogP contribution in [0.2, 0.25) is 0 Å². The maximum atomic E-state index is 14.6. The van der Waals surface area contributed by atoms with Gasteiger partial charge in [-0.25, -0.2) is 4.39 Å². The summed E-state index contributed by atoms with van der Waals surface area (Å²) in [5.41, 5.74) is 3.51. The molecule has 1 aromatic carbocycles. The molecule has 1 aliphatic carbocycles. The topological polar surface area (TPSA) is 40.7 Å².